The second-order valence-corrected chi connectivity index (χ2v) is 9.98. The van der Waals surface area contributed by atoms with Gasteiger partial charge in [0.2, 0.25) is 0 Å². The first-order chi connectivity index (χ1) is 5.43. The lowest BCUT2D eigenvalue weighted by Gasteiger charge is -2.32. The van der Waals surface area contributed by atoms with Crippen molar-refractivity contribution in [1.29, 1.82) is 0 Å². The SMILES string of the molecule is CCCC(C(O)CO)[Si](C)(C)C. The lowest BCUT2D eigenvalue weighted by molar-refractivity contribution is 0.0847. The van der Waals surface area contributed by atoms with Crippen molar-refractivity contribution in [2.45, 2.75) is 51.1 Å². The van der Waals surface area contributed by atoms with Gasteiger partial charge in [0.05, 0.1) is 20.8 Å². The predicted molar refractivity (Wildman–Crippen MR) is 55.1 cm³/mol. The zero-order valence-electron chi connectivity index (χ0n) is 8.67. The largest absolute Gasteiger partial charge is 0.394 e. The van der Waals surface area contributed by atoms with Gasteiger partial charge in [0.15, 0.2) is 0 Å². The second kappa shape index (κ2) is 4.99. The molecule has 0 radical (unpaired) electrons. The molecule has 0 saturated heterocycles. The van der Waals surface area contributed by atoms with Crippen LogP contribution in [-0.2, 0) is 0 Å². The van der Waals surface area contributed by atoms with Gasteiger partial charge in [0.1, 0.15) is 0 Å². The third-order valence-electron chi connectivity index (χ3n) is 2.36. The van der Waals surface area contributed by atoms with Gasteiger partial charge in [-0.3, -0.25) is 0 Å². The summed E-state index contributed by atoms with van der Waals surface area (Å²) in [6.45, 7) is 8.76. The molecule has 2 atom stereocenters. The normalized spacial score (nSPS) is 17.5. The minimum atomic E-state index is -1.30. The van der Waals surface area contributed by atoms with Crippen LogP contribution in [0.5, 0.6) is 0 Å². The van der Waals surface area contributed by atoms with Crippen molar-refractivity contribution in [3.8, 4) is 0 Å². The summed E-state index contributed by atoms with van der Waals surface area (Å²) in [5.41, 5.74) is 0.340. The topological polar surface area (TPSA) is 40.5 Å². The summed E-state index contributed by atoms with van der Waals surface area (Å²) >= 11 is 0. The van der Waals surface area contributed by atoms with Crippen molar-refractivity contribution in [3.63, 3.8) is 0 Å². The molecule has 2 N–H and O–H groups in total. The number of hydrogen-bond acceptors (Lipinski definition) is 2. The third-order valence-corrected chi connectivity index (χ3v) is 5.26. The summed E-state index contributed by atoms with van der Waals surface area (Å²) in [7, 11) is -1.30. The Hall–Kier alpha value is 0.137. The summed E-state index contributed by atoms with van der Waals surface area (Å²) in [6.07, 6.45) is 1.63. The molecule has 0 aromatic heterocycles. The maximum atomic E-state index is 9.57. The Morgan fingerprint density at radius 2 is 1.75 bits per heavy atom. The molecule has 0 amide bonds. The Bertz CT molecular complexity index is 120. The molecule has 0 aliphatic carbocycles. The lowest BCUT2D eigenvalue weighted by Crippen LogP contribution is -2.37. The van der Waals surface area contributed by atoms with Crippen molar-refractivity contribution >= 4 is 8.07 Å². The van der Waals surface area contributed by atoms with Crippen LogP contribution < -0.4 is 0 Å². The van der Waals surface area contributed by atoms with Crippen LogP contribution in [0.3, 0.4) is 0 Å². The van der Waals surface area contributed by atoms with E-state index in [-0.39, 0.29) is 6.61 Å². The van der Waals surface area contributed by atoms with Crippen LogP contribution in [0.15, 0.2) is 0 Å². The molecule has 0 aliphatic heterocycles. The second-order valence-electron chi connectivity index (χ2n) is 4.51. The van der Waals surface area contributed by atoms with E-state index in [0.29, 0.717) is 5.54 Å². The number of rotatable bonds is 5. The van der Waals surface area contributed by atoms with Crippen LogP contribution in [0.4, 0.5) is 0 Å². The van der Waals surface area contributed by atoms with E-state index in [1.165, 1.54) is 0 Å². The Balaban J connectivity index is 4.22. The van der Waals surface area contributed by atoms with Gasteiger partial charge < -0.3 is 10.2 Å². The maximum Gasteiger partial charge on any atom is 0.0775 e. The maximum absolute atomic E-state index is 9.57. The standard InChI is InChI=1S/C9H22O2Si/c1-5-6-9(8(11)7-10)12(2,3)4/h8-11H,5-7H2,1-4H3. The average Bonchev–Trinajstić information content (AvgIpc) is 1.96. The van der Waals surface area contributed by atoms with Crippen molar-refractivity contribution < 1.29 is 10.2 Å². The van der Waals surface area contributed by atoms with Crippen LogP contribution in [0.2, 0.25) is 25.2 Å². The molecule has 0 aromatic rings. The molecule has 0 spiro atoms. The van der Waals surface area contributed by atoms with E-state index < -0.39 is 14.2 Å². The number of aliphatic hydroxyl groups excluding tert-OH is 2. The molecule has 0 fully saturated rings. The Labute approximate surface area is 76.6 Å². The van der Waals surface area contributed by atoms with E-state index in [1.807, 2.05) is 0 Å². The van der Waals surface area contributed by atoms with E-state index in [9.17, 15) is 5.11 Å². The highest BCUT2D eigenvalue weighted by molar-refractivity contribution is 6.77. The Morgan fingerprint density at radius 3 is 2.00 bits per heavy atom. The molecule has 0 bridgehead atoms. The highest BCUT2D eigenvalue weighted by Crippen LogP contribution is 2.30. The van der Waals surface area contributed by atoms with Crippen LogP contribution >= 0.6 is 0 Å². The Kier molecular flexibility index (Phi) is 5.05. The van der Waals surface area contributed by atoms with E-state index in [2.05, 4.69) is 26.6 Å². The monoisotopic (exact) mass is 190 g/mol. The summed E-state index contributed by atoms with van der Waals surface area (Å²) in [6, 6.07) is 0. The first kappa shape index (κ1) is 12.1. The predicted octanol–water partition coefficient (Wildman–Crippen LogP) is 1.85. The average molecular weight is 190 g/mol. The molecule has 0 rings (SSSR count). The molecular weight excluding hydrogens is 168 g/mol. The summed E-state index contributed by atoms with van der Waals surface area (Å²) in [4.78, 5) is 0. The smallest absolute Gasteiger partial charge is 0.0775 e. The number of aliphatic hydroxyl groups is 2. The minimum absolute atomic E-state index is 0.0884. The van der Waals surface area contributed by atoms with Gasteiger partial charge in [-0.2, -0.15) is 0 Å². The van der Waals surface area contributed by atoms with Gasteiger partial charge in [-0.1, -0.05) is 39.4 Å². The molecule has 2 unspecified atom stereocenters. The fourth-order valence-electron chi connectivity index (χ4n) is 1.64. The minimum Gasteiger partial charge on any atom is -0.394 e. The highest BCUT2D eigenvalue weighted by Gasteiger charge is 2.31. The molecule has 2 nitrogen and oxygen atoms in total. The van der Waals surface area contributed by atoms with Crippen molar-refractivity contribution in [2.24, 2.45) is 0 Å². The fraction of sp³-hybridized carbons (Fsp3) is 1.00. The van der Waals surface area contributed by atoms with Gasteiger partial charge in [0.25, 0.3) is 0 Å². The molecule has 74 valence electrons. The quantitative estimate of drug-likeness (QED) is 0.650. The van der Waals surface area contributed by atoms with Crippen molar-refractivity contribution in [2.75, 3.05) is 6.61 Å². The van der Waals surface area contributed by atoms with Crippen molar-refractivity contribution in [3.05, 3.63) is 0 Å². The van der Waals surface area contributed by atoms with E-state index >= 15 is 0 Å². The molecule has 0 aromatic carbocycles. The zero-order valence-corrected chi connectivity index (χ0v) is 9.67. The molecule has 3 heteroatoms. The van der Waals surface area contributed by atoms with Gasteiger partial charge in [-0.05, 0) is 5.54 Å². The Morgan fingerprint density at radius 1 is 1.25 bits per heavy atom. The van der Waals surface area contributed by atoms with Crippen LogP contribution in [0, 0.1) is 0 Å². The third kappa shape index (κ3) is 3.69. The molecular formula is C9H22O2Si. The van der Waals surface area contributed by atoms with Crippen LogP contribution in [0.25, 0.3) is 0 Å². The molecule has 0 saturated carbocycles. The summed E-state index contributed by atoms with van der Waals surface area (Å²) in [5.74, 6) is 0. The molecule has 12 heavy (non-hydrogen) atoms. The first-order valence-electron chi connectivity index (χ1n) is 4.72. The van der Waals surface area contributed by atoms with E-state index in [1.54, 1.807) is 0 Å². The summed E-state index contributed by atoms with van der Waals surface area (Å²) in [5, 5.41) is 18.4. The molecule has 0 aliphatic rings. The van der Waals surface area contributed by atoms with E-state index in [0.717, 1.165) is 12.8 Å². The zero-order chi connectivity index (χ0) is 9.78. The van der Waals surface area contributed by atoms with Gasteiger partial charge in [-0.15, -0.1) is 0 Å². The van der Waals surface area contributed by atoms with Gasteiger partial charge >= 0.3 is 0 Å². The van der Waals surface area contributed by atoms with Crippen molar-refractivity contribution in [1.82, 2.24) is 0 Å². The first-order valence-corrected chi connectivity index (χ1v) is 8.30. The van der Waals surface area contributed by atoms with E-state index in [4.69, 9.17) is 5.11 Å². The molecule has 0 heterocycles. The highest BCUT2D eigenvalue weighted by atomic mass is 28.3. The van der Waals surface area contributed by atoms with Crippen LogP contribution in [-0.4, -0.2) is 31.0 Å². The lowest BCUT2D eigenvalue weighted by atomic mass is 10.1. The van der Waals surface area contributed by atoms with Crippen LogP contribution in [0.1, 0.15) is 19.8 Å². The fourth-order valence-corrected chi connectivity index (χ4v) is 4.06. The number of hydrogen-bond donors (Lipinski definition) is 2. The van der Waals surface area contributed by atoms with Gasteiger partial charge in [0, 0.05) is 0 Å². The van der Waals surface area contributed by atoms with Gasteiger partial charge in [-0.25, -0.2) is 0 Å². The summed E-state index contributed by atoms with van der Waals surface area (Å²) < 4.78 is 0.